The molecule has 0 bridgehead atoms. The topological polar surface area (TPSA) is 49.4 Å². The van der Waals surface area contributed by atoms with E-state index in [0.29, 0.717) is 23.6 Å². The number of nitrogens with zero attached hydrogens (tertiary/aromatic N) is 1. The molecule has 5 heteroatoms. The van der Waals surface area contributed by atoms with Crippen molar-refractivity contribution in [2.24, 2.45) is 0 Å². The molecule has 0 spiro atoms. The highest BCUT2D eigenvalue weighted by Crippen LogP contribution is 2.36. The first-order valence-corrected chi connectivity index (χ1v) is 9.48. The first-order chi connectivity index (χ1) is 12.6. The Hall–Kier alpha value is -2.33. The third-order valence-corrected chi connectivity index (χ3v) is 5.40. The lowest BCUT2D eigenvalue weighted by Gasteiger charge is -2.35. The van der Waals surface area contributed by atoms with E-state index in [0.717, 1.165) is 54.6 Å². The van der Waals surface area contributed by atoms with Crippen LogP contribution in [-0.2, 0) is 24.1 Å². The fraction of sp³-hybridized carbons (Fsp3) is 0.333. The lowest BCUT2D eigenvalue weighted by atomic mass is 9.89. The molecule has 2 aliphatic rings. The summed E-state index contributed by atoms with van der Waals surface area (Å²) in [7, 11) is 0. The minimum atomic E-state index is -0.0490. The lowest BCUT2D eigenvalue weighted by molar-refractivity contribution is -0.119. The van der Waals surface area contributed by atoms with Gasteiger partial charge in [0.15, 0.2) is 0 Å². The number of carbonyl (C=O) groups excluding carboxylic acids is 2. The molecule has 0 atom stereocenters. The number of nitrogens with one attached hydrogen (secondary N) is 1. The number of benzene rings is 2. The molecule has 2 aliphatic heterocycles. The van der Waals surface area contributed by atoms with Gasteiger partial charge in [0.25, 0.3) is 5.91 Å². The summed E-state index contributed by atoms with van der Waals surface area (Å²) in [6.45, 7) is 1.38. The number of amides is 2. The van der Waals surface area contributed by atoms with Gasteiger partial charge in [-0.2, -0.15) is 0 Å². The molecular formula is C21H21ClN2O2. The number of anilines is 1. The van der Waals surface area contributed by atoms with Gasteiger partial charge in [0.2, 0.25) is 5.91 Å². The Labute approximate surface area is 158 Å². The molecule has 2 aromatic carbocycles. The van der Waals surface area contributed by atoms with E-state index in [1.807, 2.05) is 41.3 Å². The molecule has 4 nitrogen and oxygen atoms in total. The van der Waals surface area contributed by atoms with Crippen LogP contribution < -0.4 is 10.2 Å². The van der Waals surface area contributed by atoms with Crippen LogP contribution in [0, 0.1) is 0 Å². The summed E-state index contributed by atoms with van der Waals surface area (Å²) in [5.41, 5.74) is 5.16. The van der Waals surface area contributed by atoms with E-state index in [1.165, 1.54) is 0 Å². The Bertz CT molecular complexity index is 844. The molecule has 2 aromatic rings. The van der Waals surface area contributed by atoms with Crippen molar-refractivity contribution in [1.29, 1.82) is 0 Å². The largest absolute Gasteiger partial charge is 0.352 e. The van der Waals surface area contributed by atoms with Crippen LogP contribution in [0.3, 0.4) is 0 Å². The fourth-order valence-electron chi connectivity index (χ4n) is 3.86. The Kier molecular flexibility index (Phi) is 4.68. The maximum atomic E-state index is 12.6. The van der Waals surface area contributed by atoms with Crippen molar-refractivity contribution < 1.29 is 9.59 Å². The molecule has 0 aromatic heterocycles. The van der Waals surface area contributed by atoms with Crippen LogP contribution in [-0.4, -0.2) is 24.9 Å². The average molecular weight is 369 g/mol. The lowest BCUT2D eigenvalue weighted by Crippen LogP contribution is -2.39. The highest BCUT2D eigenvalue weighted by Gasteiger charge is 2.30. The van der Waals surface area contributed by atoms with E-state index in [9.17, 15) is 9.59 Å². The molecule has 2 heterocycles. The summed E-state index contributed by atoms with van der Waals surface area (Å²) in [6, 6.07) is 11.6. The predicted molar refractivity (Wildman–Crippen MR) is 103 cm³/mol. The normalized spacial score (nSPS) is 15.6. The number of aryl methyl sites for hydroxylation is 2. The van der Waals surface area contributed by atoms with E-state index in [1.54, 1.807) is 0 Å². The smallest absolute Gasteiger partial charge is 0.251 e. The monoisotopic (exact) mass is 368 g/mol. The summed E-state index contributed by atoms with van der Waals surface area (Å²) in [5.74, 6) is 0.158. The third kappa shape index (κ3) is 3.34. The van der Waals surface area contributed by atoms with Crippen LogP contribution in [0.25, 0.3) is 0 Å². The van der Waals surface area contributed by atoms with Crippen molar-refractivity contribution in [2.45, 2.75) is 32.1 Å². The van der Waals surface area contributed by atoms with Gasteiger partial charge in [0.1, 0.15) is 0 Å². The zero-order chi connectivity index (χ0) is 18.1. The molecule has 0 fully saturated rings. The average Bonchev–Trinajstić information content (AvgIpc) is 2.66. The molecule has 0 unspecified atom stereocenters. The molecule has 4 rings (SSSR count). The van der Waals surface area contributed by atoms with Crippen molar-refractivity contribution >= 4 is 29.1 Å². The molecule has 1 N–H and O–H groups in total. The van der Waals surface area contributed by atoms with Crippen LogP contribution in [0.4, 0.5) is 5.69 Å². The number of rotatable bonds is 4. The second kappa shape index (κ2) is 7.12. The molecule has 0 aliphatic carbocycles. The van der Waals surface area contributed by atoms with Crippen molar-refractivity contribution in [3.05, 3.63) is 63.7 Å². The van der Waals surface area contributed by atoms with E-state index < -0.39 is 0 Å². The Balaban J connectivity index is 1.47. The summed E-state index contributed by atoms with van der Waals surface area (Å²) in [6.07, 6.45) is 3.92. The maximum Gasteiger partial charge on any atom is 0.251 e. The van der Waals surface area contributed by atoms with Crippen LogP contribution in [0.1, 0.15) is 39.9 Å². The maximum absolute atomic E-state index is 12.6. The zero-order valence-corrected chi connectivity index (χ0v) is 15.3. The van der Waals surface area contributed by atoms with Gasteiger partial charge < -0.3 is 10.2 Å². The van der Waals surface area contributed by atoms with E-state index in [2.05, 4.69) is 5.32 Å². The van der Waals surface area contributed by atoms with Crippen LogP contribution >= 0.6 is 11.6 Å². The van der Waals surface area contributed by atoms with Crippen molar-refractivity contribution in [3.63, 3.8) is 0 Å². The SMILES string of the molecule is O=C(NCCc1ccc(Cl)cc1)c1cc2c3c(c1)CCC(=O)N3CCC2. The van der Waals surface area contributed by atoms with Crippen LogP contribution in [0.5, 0.6) is 0 Å². The minimum Gasteiger partial charge on any atom is -0.352 e. The number of hydrogen-bond donors (Lipinski definition) is 1. The van der Waals surface area contributed by atoms with Crippen LogP contribution in [0.15, 0.2) is 36.4 Å². The summed E-state index contributed by atoms with van der Waals surface area (Å²) >= 11 is 5.89. The van der Waals surface area contributed by atoms with Crippen molar-refractivity contribution in [1.82, 2.24) is 5.32 Å². The van der Waals surface area contributed by atoms with Gasteiger partial charge in [-0.1, -0.05) is 23.7 Å². The van der Waals surface area contributed by atoms with E-state index in [4.69, 9.17) is 11.6 Å². The highest BCUT2D eigenvalue weighted by atomic mass is 35.5. The number of hydrogen-bond acceptors (Lipinski definition) is 2. The third-order valence-electron chi connectivity index (χ3n) is 5.15. The number of halogens is 1. The van der Waals surface area contributed by atoms with E-state index >= 15 is 0 Å². The molecule has 26 heavy (non-hydrogen) atoms. The summed E-state index contributed by atoms with van der Waals surface area (Å²) in [5, 5.41) is 3.72. The van der Waals surface area contributed by atoms with Crippen molar-refractivity contribution in [2.75, 3.05) is 18.0 Å². The second-order valence-corrected chi connectivity index (χ2v) is 7.36. The Morgan fingerprint density at radius 3 is 2.58 bits per heavy atom. The fourth-order valence-corrected chi connectivity index (χ4v) is 3.98. The molecule has 0 saturated heterocycles. The molecule has 134 valence electrons. The summed E-state index contributed by atoms with van der Waals surface area (Å²) in [4.78, 5) is 26.6. The second-order valence-electron chi connectivity index (χ2n) is 6.92. The molecular weight excluding hydrogens is 348 g/mol. The van der Waals surface area contributed by atoms with Gasteiger partial charge in [0, 0.05) is 30.1 Å². The molecule has 0 radical (unpaired) electrons. The van der Waals surface area contributed by atoms with Gasteiger partial charge in [-0.25, -0.2) is 0 Å². The van der Waals surface area contributed by atoms with Gasteiger partial charge in [-0.05, 0) is 66.6 Å². The van der Waals surface area contributed by atoms with Gasteiger partial charge in [-0.15, -0.1) is 0 Å². The summed E-state index contributed by atoms with van der Waals surface area (Å²) < 4.78 is 0. The highest BCUT2D eigenvalue weighted by molar-refractivity contribution is 6.30. The quantitative estimate of drug-likeness (QED) is 0.897. The van der Waals surface area contributed by atoms with Gasteiger partial charge in [0.05, 0.1) is 5.69 Å². The van der Waals surface area contributed by atoms with Crippen molar-refractivity contribution in [3.8, 4) is 0 Å². The molecule has 2 amide bonds. The van der Waals surface area contributed by atoms with Gasteiger partial charge >= 0.3 is 0 Å². The van der Waals surface area contributed by atoms with Crippen LogP contribution in [0.2, 0.25) is 5.02 Å². The Morgan fingerprint density at radius 2 is 1.81 bits per heavy atom. The standard InChI is InChI=1S/C21H21ClN2O2/c22-18-6-3-14(4-7-18)9-10-23-21(26)17-12-15-2-1-11-24-19(25)8-5-16(13-17)20(15)24/h3-4,6-7,12-13H,1-2,5,8-11H2,(H,23,26). The zero-order valence-electron chi connectivity index (χ0n) is 14.6. The first kappa shape index (κ1) is 17.1. The van der Waals surface area contributed by atoms with E-state index in [-0.39, 0.29) is 11.8 Å². The van der Waals surface area contributed by atoms with Gasteiger partial charge in [-0.3, -0.25) is 9.59 Å². The predicted octanol–water partition coefficient (Wildman–Crippen LogP) is 3.54. The Morgan fingerprint density at radius 1 is 1.08 bits per heavy atom. The molecule has 0 saturated carbocycles. The number of carbonyl (C=O) groups is 2. The first-order valence-electron chi connectivity index (χ1n) is 9.10. The minimum absolute atomic E-state index is 0.0490.